The number of amides is 2. The van der Waals surface area contributed by atoms with Crippen molar-refractivity contribution >= 4 is 29.4 Å². The molecule has 1 atom stereocenters. The molecule has 0 saturated carbocycles. The number of nitrogens with zero attached hydrogens (tertiary/aromatic N) is 2. The minimum absolute atomic E-state index is 0.0686. The number of aromatic nitrogens is 2. The van der Waals surface area contributed by atoms with Crippen LogP contribution in [0.4, 0.5) is 5.82 Å². The van der Waals surface area contributed by atoms with Gasteiger partial charge in [-0.15, -0.1) is 0 Å². The molecule has 150 valence electrons. The van der Waals surface area contributed by atoms with Gasteiger partial charge in [0.15, 0.2) is 0 Å². The summed E-state index contributed by atoms with van der Waals surface area (Å²) in [4.78, 5) is 25.2. The zero-order valence-corrected chi connectivity index (χ0v) is 17.1. The van der Waals surface area contributed by atoms with E-state index in [4.69, 9.17) is 4.74 Å². The predicted octanol–water partition coefficient (Wildman–Crippen LogP) is 2.52. The molecule has 1 unspecified atom stereocenters. The Kier molecular flexibility index (Phi) is 7.11. The lowest BCUT2D eigenvalue weighted by atomic mass is 9.95. The summed E-state index contributed by atoms with van der Waals surface area (Å²) in [5.74, 6) is 1.75. The monoisotopic (exact) mass is 402 g/mol. The molecule has 0 aliphatic carbocycles. The second-order valence-electron chi connectivity index (χ2n) is 6.63. The van der Waals surface area contributed by atoms with Gasteiger partial charge in [-0.1, -0.05) is 37.3 Å². The van der Waals surface area contributed by atoms with Gasteiger partial charge in [0.25, 0.3) is 0 Å². The molecule has 28 heavy (non-hydrogen) atoms. The smallest absolute Gasteiger partial charge is 0.241 e. The number of hydrogen-bond donors (Lipinski definition) is 2. The number of anilines is 1. The predicted molar refractivity (Wildman–Crippen MR) is 110 cm³/mol. The maximum Gasteiger partial charge on any atom is 0.241 e. The van der Waals surface area contributed by atoms with Gasteiger partial charge in [-0.05, 0) is 12.0 Å². The Hall–Kier alpha value is -2.32. The van der Waals surface area contributed by atoms with Crippen molar-refractivity contribution in [2.45, 2.75) is 37.3 Å². The number of rotatable bonds is 9. The number of fused-ring (bicyclic) bond motifs is 1. The van der Waals surface area contributed by atoms with E-state index in [1.807, 2.05) is 37.3 Å². The highest BCUT2D eigenvalue weighted by Crippen LogP contribution is 2.35. The molecule has 1 aromatic heterocycles. The molecule has 2 aromatic rings. The van der Waals surface area contributed by atoms with Gasteiger partial charge in [0.2, 0.25) is 11.8 Å². The van der Waals surface area contributed by atoms with E-state index in [1.165, 1.54) is 0 Å². The molecule has 3 rings (SSSR count). The van der Waals surface area contributed by atoms with Crippen LogP contribution in [0.3, 0.4) is 0 Å². The van der Waals surface area contributed by atoms with Crippen molar-refractivity contribution < 1.29 is 14.3 Å². The third-order valence-electron chi connectivity index (χ3n) is 4.71. The molecule has 8 heteroatoms. The van der Waals surface area contributed by atoms with Crippen molar-refractivity contribution in [1.82, 2.24) is 15.1 Å². The van der Waals surface area contributed by atoms with Crippen LogP contribution in [0, 0.1) is 0 Å². The Morgan fingerprint density at radius 1 is 1.29 bits per heavy atom. The molecule has 0 radical (unpaired) electrons. The van der Waals surface area contributed by atoms with Gasteiger partial charge in [0.05, 0.1) is 18.2 Å². The molecule has 2 N–H and O–H groups in total. The van der Waals surface area contributed by atoms with Crippen LogP contribution >= 0.6 is 11.8 Å². The summed E-state index contributed by atoms with van der Waals surface area (Å²) in [6.45, 7) is 2.97. The summed E-state index contributed by atoms with van der Waals surface area (Å²) in [5.41, 5.74) is 2.95. The topological polar surface area (TPSA) is 85.2 Å². The van der Waals surface area contributed by atoms with E-state index in [9.17, 15) is 9.59 Å². The van der Waals surface area contributed by atoms with Gasteiger partial charge in [-0.3, -0.25) is 9.59 Å². The summed E-state index contributed by atoms with van der Waals surface area (Å²) >= 11 is 1.76. The van der Waals surface area contributed by atoms with Crippen LogP contribution < -0.4 is 10.6 Å². The normalized spacial score (nSPS) is 13.8. The van der Waals surface area contributed by atoms with Gasteiger partial charge in [-0.2, -0.15) is 16.9 Å². The lowest BCUT2D eigenvalue weighted by Crippen LogP contribution is -2.32. The fourth-order valence-electron chi connectivity index (χ4n) is 3.27. The average molecular weight is 403 g/mol. The van der Waals surface area contributed by atoms with Crippen LogP contribution in [0.5, 0.6) is 0 Å². The molecule has 0 bridgehead atoms. The Morgan fingerprint density at radius 2 is 2.07 bits per heavy atom. The van der Waals surface area contributed by atoms with Crippen molar-refractivity contribution in [3.05, 3.63) is 47.2 Å². The molecular weight excluding hydrogens is 376 g/mol. The molecule has 0 fully saturated rings. The molecule has 7 nitrogen and oxygen atoms in total. The summed E-state index contributed by atoms with van der Waals surface area (Å²) < 4.78 is 6.57. The molecule has 2 heterocycles. The fraction of sp³-hybridized carbons (Fsp3) is 0.450. The second-order valence-corrected chi connectivity index (χ2v) is 7.61. The Bertz CT molecular complexity index is 822. The van der Waals surface area contributed by atoms with E-state index in [2.05, 4.69) is 15.7 Å². The fourth-order valence-corrected chi connectivity index (χ4v) is 4.30. The van der Waals surface area contributed by atoms with Crippen LogP contribution in [0.25, 0.3) is 0 Å². The SMILES string of the molecule is CCC(C(=O)Nc1c2c(nn1CC(=O)NCCOC)CSC2)c1ccccc1. The van der Waals surface area contributed by atoms with Crippen molar-refractivity contribution in [3.8, 4) is 0 Å². The van der Waals surface area contributed by atoms with Crippen molar-refractivity contribution in [2.75, 3.05) is 25.6 Å². The quantitative estimate of drug-likeness (QED) is 0.630. The average Bonchev–Trinajstić information content (AvgIpc) is 3.26. The summed E-state index contributed by atoms with van der Waals surface area (Å²) in [5, 5.41) is 10.4. The van der Waals surface area contributed by atoms with Gasteiger partial charge in [0.1, 0.15) is 12.4 Å². The van der Waals surface area contributed by atoms with Crippen molar-refractivity contribution in [1.29, 1.82) is 0 Å². The number of benzene rings is 1. The highest BCUT2D eigenvalue weighted by Gasteiger charge is 2.27. The Morgan fingerprint density at radius 3 is 2.79 bits per heavy atom. The number of hydrogen-bond acceptors (Lipinski definition) is 5. The molecule has 1 aromatic carbocycles. The summed E-state index contributed by atoms with van der Waals surface area (Å²) in [7, 11) is 1.59. The highest BCUT2D eigenvalue weighted by molar-refractivity contribution is 7.98. The van der Waals surface area contributed by atoms with E-state index in [0.29, 0.717) is 25.4 Å². The zero-order chi connectivity index (χ0) is 19.9. The lowest BCUT2D eigenvalue weighted by molar-refractivity contribution is -0.122. The molecule has 0 spiro atoms. The number of methoxy groups -OCH3 is 1. The number of carbonyl (C=O) groups excluding carboxylic acids is 2. The molecule has 0 saturated heterocycles. The first-order valence-corrected chi connectivity index (χ1v) is 10.6. The third kappa shape index (κ3) is 4.74. The van der Waals surface area contributed by atoms with E-state index in [1.54, 1.807) is 23.6 Å². The van der Waals surface area contributed by atoms with Gasteiger partial charge >= 0.3 is 0 Å². The minimum Gasteiger partial charge on any atom is -0.383 e. The molecule has 1 aliphatic rings. The number of thioether (sulfide) groups is 1. The second kappa shape index (κ2) is 9.75. The molecule has 2 amide bonds. The van der Waals surface area contributed by atoms with Crippen LogP contribution in [0.1, 0.15) is 36.1 Å². The van der Waals surface area contributed by atoms with Gasteiger partial charge in [-0.25, -0.2) is 4.68 Å². The summed E-state index contributed by atoms with van der Waals surface area (Å²) in [6, 6.07) is 9.75. The Balaban J connectivity index is 1.77. The van der Waals surface area contributed by atoms with Crippen molar-refractivity contribution in [3.63, 3.8) is 0 Å². The maximum absolute atomic E-state index is 13.0. The van der Waals surface area contributed by atoms with Gasteiger partial charge in [0, 0.05) is 30.7 Å². The molecular formula is C20H26N4O3S. The third-order valence-corrected chi connectivity index (χ3v) is 5.68. The van der Waals surface area contributed by atoms with Crippen LogP contribution in [-0.2, 0) is 32.4 Å². The standard InChI is InChI=1S/C20H26N4O3S/c1-3-15(14-7-5-4-6-8-14)20(26)22-19-16-12-28-13-17(16)23-24(19)11-18(25)21-9-10-27-2/h4-8,15H,3,9-13H2,1-2H3,(H,21,25)(H,22,26). The zero-order valence-electron chi connectivity index (χ0n) is 16.2. The van der Waals surface area contributed by atoms with Crippen LogP contribution in [0.15, 0.2) is 30.3 Å². The van der Waals surface area contributed by atoms with E-state index < -0.39 is 0 Å². The van der Waals surface area contributed by atoms with E-state index in [-0.39, 0.29) is 24.3 Å². The van der Waals surface area contributed by atoms with Crippen molar-refractivity contribution in [2.24, 2.45) is 0 Å². The summed E-state index contributed by atoms with van der Waals surface area (Å²) in [6.07, 6.45) is 0.693. The maximum atomic E-state index is 13.0. The highest BCUT2D eigenvalue weighted by atomic mass is 32.2. The van der Waals surface area contributed by atoms with E-state index >= 15 is 0 Å². The lowest BCUT2D eigenvalue weighted by Gasteiger charge is -2.17. The largest absolute Gasteiger partial charge is 0.383 e. The van der Waals surface area contributed by atoms with E-state index in [0.717, 1.165) is 28.3 Å². The van der Waals surface area contributed by atoms with Crippen LogP contribution in [-0.4, -0.2) is 41.9 Å². The number of carbonyl (C=O) groups is 2. The number of nitrogens with one attached hydrogen (secondary N) is 2. The Labute approximate surface area is 169 Å². The minimum atomic E-state index is -0.246. The number of ether oxygens (including phenoxy) is 1. The van der Waals surface area contributed by atoms with Gasteiger partial charge < -0.3 is 15.4 Å². The first kappa shape index (κ1) is 20.4. The van der Waals surface area contributed by atoms with Crippen LogP contribution in [0.2, 0.25) is 0 Å². The molecule has 1 aliphatic heterocycles. The first-order chi connectivity index (χ1) is 13.6. The first-order valence-electron chi connectivity index (χ1n) is 9.41.